The van der Waals surface area contributed by atoms with Gasteiger partial charge in [0.2, 0.25) is 5.78 Å². The highest BCUT2D eigenvalue weighted by Crippen LogP contribution is 2.20. The van der Waals surface area contributed by atoms with E-state index in [0.717, 1.165) is 0 Å². The summed E-state index contributed by atoms with van der Waals surface area (Å²) >= 11 is 3.20. The smallest absolute Gasteiger partial charge is 0.217 e. The van der Waals surface area contributed by atoms with Crippen LogP contribution in [0.1, 0.15) is 28.7 Å². The summed E-state index contributed by atoms with van der Waals surface area (Å²) in [4.78, 5) is 12.2. The molecule has 0 aromatic carbocycles. The van der Waals surface area contributed by atoms with Crippen molar-refractivity contribution in [3.63, 3.8) is 0 Å². The Morgan fingerprint density at radius 2 is 2.38 bits per heavy atom. The number of carbonyl (C=O) groups is 1. The van der Waals surface area contributed by atoms with Crippen molar-refractivity contribution >= 4 is 21.7 Å². The molecule has 0 unspecified atom stereocenters. The van der Waals surface area contributed by atoms with E-state index in [0.29, 0.717) is 28.0 Å². The van der Waals surface area contributed by atoms with Gasteiger partial charge >= 0.3 is 0 Å². The summed E-state index contributed by atoms with van der Waals surface area (Å²) < 4.78 is 7.12. The maximum atomic E-state index is 12.2. The molecule has 2 heterocycles. The third kappa shape index (κ3) is 1.69. The number of ketones is 1. The van der Waals surface area contributed by atoms with Crippen LogP contribution in [0.4, 0.5) is 0 Å². The first-order valence-corrected chi connectivity index (χ1v) is 5.60. The summed E-state index contributed by atoms with van der Waals surface area (Å²) in [6.07, 6.45) is 2.20. The van der Waals surface area contributed by atoms with E-state index < -0.39 is 0 Å². The predicted octanol–water partition coefficient (Wildman–Crippen LogP) is 1.96. The molecule has 2 aromatic heterocycles. The number of nitrogens with zero attached hydrogens (tertiary/aromatic N) is 3. The Hall–Kier alpha value is -1.43. The molecule has 0 fully saturated rings. The first-order valence-electron chi connectivity index (χ1n) is 4.81. The molecule has 6 heteroatoms. The van der Waals surface area contributed by atoms with Gasteiger partial charge in [-0.2, -0.15) is 0 Å². The van der Waals surface area contributed by atoms with Gasteiger partial charge in [0, 0.05) is 13.5 Å². The van der Waals surface area contributed by atoms with Gasteiger partial charge in [-0.3, -0.25) is 4.79 Å². The van der Waals surface area contributed by atoms with Crippen LogP contribution in [-0.4, -0.2) is 20.8 Å². The first kappa shape index (κ1) is 11.1. The molecule has 2 aromatic rings. The molecule has 0 aliphatic carbocycles. The third-order valence-electron chi connectivity index (χ3n) is 2.31. The minimum absolute atomic E-state index is 0.134. The van der Waals surface area contributed by atoms with E-state index in [-0.39, 0.29) is 5.78 Å². The van der Waals surface area contributed by atoms with Gasteiger partial charge < -0.3 is 4.42 Å². The molecule has 0 amide bonds. The highest BCUT2D eigenvalue weighted by molar-refractivity contribution is 9.10. The van der Waals surface area contributed by atoms with Crippen LogP contribution in [0.15, 0.2) is 21.3 Å². The number of carbonyl (C=O) groups excluding carboxylic acids is 1. The molecule has 0 radical (unpaired) electrons. The van der Waals surface area contributed by atoms with E-state index in [4.69, 9.17) is 4.42 Å². The van der Waals surface area contributed by atoms with Crippen molar-refractivity contribution in [2.45, 2.75) is 13.3 Å². The van der Waals surface area contributed by atoms with E-state index in [1.54, 1.807) is 13.1 Å². The second kappa shape index (κ2) is 4.21. The SMILES string of the molecule is CCc1occc1C(=O)c1c(Br)nnn1C. The molecule has 0 aliphatic heterocycles. The van der Waals surface area contributed by atoms with Crippen LogP contribution >= 0.6 is 15.9 Å². The average molecular weight is 284 g/mol. The maximum Gasteiger partial charge on any atom is 0.217 e. The topological polar surface area (TPSA) is 60.9 Å². The molecule has 5 nitrogen and oxygen atoms in total. The number of rotatable bonds is 3. The Morgan fingerprint density at radius 3 is 2.94 bits per heavy atom. The standard InChI is InChI=1S/C10H10BrN3O2/c1-3-7-6(4-5-16-7)9(15)8-10(11)12-13-14(8)2/h4-5H,3H2,1-2H3. The quantitative estimate of drug-likeness (QED) is 0.808. The Kier molecular flexibility index (Phi) is 2.91. The molecule has 16 heavy (non-hydrogen) atoms. The van der Waals surface area contributed by atoms with Crippen LogP contribution in [0, 0.1) is 0 Å². The van der Waals surface area contributed by atoms with Crippen molar-refractivity contribution in [1.82, 2.24) is 15.0 Å². The predicted molar refractivity (Wildman–Crippen MR) is 60.2 cm³/mol. The summed E-state index contributed by atoms with van der Waals surface area (Å²) in [6.45, 7) is 1.94. The Bertz CT molecular complexity index is 510. The summed E-state index contributed by atoms with van der Waals surface area (Å²) in [6, 6.07) is 1.67. The molecule has 0 N–H and O–H groups in total. The minimum atomic E-state index is -0.134. The van der Waals surface area contributed by atoms with Crippen molar-refractivity contribution in [3.8, 4) is 0 Å². The van der Waals surface area contributed by atoms with Gasteiger partial charge in [0.05, 0.1) is 11.8 Å². The van der Waals surface area contributed by atoms with Gasteiger partial charge in [0.15, 0.2) is 4.60 Å². The van der Waals surface area contributed by atoms with Gasteiger partial charge in [0.1, 0.15) is 11.5 Å². The van der Waals surface area contributed by atoms with E-state index in [1.807, 2.05) is 6.92 Å². The van der Waals surface area contributed by atoms with Crippen LogP contribution in [0.3, 0.4) is 0 Å². The fraction of sp³-hybridized carbons (Fsp3) is 0.300. The molecule has 0 spiro atoms. The molecule has 0 atom stereocenters. The molecule has 0 bridgehead atoms. The Balaban J connectivity index is 2.47. The zero-order valence-corrected chi connectivity index (χ0v) is 10.5. The zero-order chi connectivity index (χ0) is 11.7. The number of hydrogen-bond donors (Lipinski definition) is 0. The fourth-order valence-electron chi connectivity index (χ4n) is 1.52. The fourth-order valence-corrected chi connectivity index (χ4v) is 2.02. The van der Waals surface area contributed by atoms with Gasteiger partial charge in [-0.1, -0.05) is 12.1 Å². The average Bonchev–Trinajstić information content (AvgIpc) is 2.85. The molecule has 84 valence electrons. The molecule has 0 saturated heterocycles. The first-order chi connectivity index (χ1) is 7.65. The molecule has 2 rings (SSSR count). The summed E-state index contributed by atoms with van der Waals surface area (Å²) in [7, 11) is 1.68. The van der Waals surface area contributed by atoms with Crippen LogP contribution in [-0.2, 0) is 13.5 Å². The number of aryl methyl sites for hydroxylation is 2. The van der Waals surface area contributed by atoms with Gasteiger partial charge in [-0.15, -0.1) is 5.10 Å². The monoisotopic (exact) mass is 283 g/mol. The second-order valence-corrected chi connectivity index (χ2v) is 4.04. The summed E-state index contributed by atoms with van der Waals surface area (Å²) in [5.74, 6) is 0.545. The molecular weight excluding hydrogens is 274 g/mol. The van der Waals surface area contributed by atoms with Gasteiger partial charge in [-0.05, 0) is 22.0 Å². The maximum absolute atomic E-state index is 12.2. The van der Waals surface area contributed by atoms with E-state index in [2.05, 4.69) is 26.2 Å². The van der Waals surface area contributed by atoms with Gasteiger partial charge in [-0.25, -0.2) is 4.68 Å². The number of hydrogen-bond acceptors (Lipinski definition) is 4. The lowest BCUT2D eigenvalue weighted by Crippen LogP contribution is -2.09. The molecule has 0 aliphatic rings. The normalized spacial score (nSPS) is 10.7. The Labute approximate surface area is 101 Å². The Morgan fingerprint density at radius 1 is 1.62 bits per heavy atom. The van der Waals surface area contributed by atoms with Crippen molar-refractivity contribution in [3.05, 3.63) is 34.0 Å². The van der Waals surface area contributed by atoms with E-state index >= 15 is 0 Å². The lowest BCUT2D eigenvalue weighted by Gasteiger charge is -2.00. The van der Waals surface area contributed by atoms with Crippen molar-refractivity contribution < 1.29 is 9.21 Å². The van der Waals surface area contributed by atoms with Crippen molar-refractivity contribution in [2.75, 3.05) is 0 Å². The highest BCUT2D eigenvalue weighted by atomic mass is 79.9. The van der Waals surface area contributed by atoms with Crippen molar-refractivity contribution in [2.24, 2.45) is 7.05 Å². The highest BCUT2D eigenvalue weighted by Gasteiger charge is 2.22. The number of halogens is 1. The van der Waals surface area contributed by atoms with E-state index in [9.17, 15) is 4.79 Å². The van der Waals surface area contributed by atoms with E-state index in [1.165, 1.54) is 10.9 Å². The second-order valence-electron chi connectivity index (χ2n) is 3.29. The van der Waals surface area contributed by atoms with Crippen molar-refractivity contribution in [1.29, 1.82) is 0 Å². The number of aromatic nitrogens is 3. The summed E-state index contributed by atoms with van der Waals surface area (Å²) in [5.41, 5.74) is 0.990. The number of furan rings is 1. The summed E-state index contributed by atoms with van der Waals surface area (Å²) in [5, 5.41) is 7.55. The zero-order valence-electron chi connectivity index (χ0n) is 8.90. The third-order valence-corrected chi connectivity index (χ3v) is 2.85. The van der Waals surface area contributed by atoms with Crippen LogP contribution in [0.25, 0.3) is 0 Å². The van der Waals surface area contributed by atoms with Crippen LogP contribution in [0.5, 0.6) is 0 Å². The molecule has 0 saturated carbocycles. The van der Waals surface area contributed by atoms with Gasteiger partial charge in [0.25, 0.3) is 0 Å². The minimum Gasteiger partial charge on any atom is -0.469 e. The van der Waals surface area contributed by atoms with Crippen LogP contribution < -0.4 is 0 Å². The lowest BCUT2D eigenvalue weighted by atomic mass is 10.1. The lowest BCUT2D eigenvalue weighted by molar-refractivity contribution is 0.102. The van der Waals surface area contributed by atoms with Crippen LogP contribution in [0.2, 0.25) is 0 Å². The molecular formula is C10H10BrN3O2. The largest absolute Gasteiger partial charge is 0.469 e.